The van der Waals surface area contributed by atoms with Crippen LogP contribution in [-0.4, -0.2) is 16.7 Å². The van der Waals surface area contributed by atoms with Crippen molar-refractivity contribution >= 4 is 34.6 Å². The number of para-hydroxylation sites is 1. The fourth-order valence-corrected chi connectivity index (χ4v) is 4.83. The molecule has 5 rings (SSSR count). The Bertz CT molecular complexity index is 1480. The minimum Gasteiger partial charge on any atom is -0.340 e. The summed E-state index contributed by atoms with van der Waals surface area (Å²) < 4.78 is 2.23. The Labute approximate surface area is 215 Å². The third-order valence-corrected chi connectivity index (χ3v) is 6.83. The molecule has 4 nitrogen and oxygen atoms in total. The summed E-state index contributed by atoms with van der Waals surface area (Å²) in [4.78, 5) is 13.3. The van der Waals surface area contributed by atoms with Crippen molar-refractivity contribution in [2.24, 2.45) is 5.10 Å². The van der Waals surface area contributed by atoms with E-state index >= 15 is 0 Å². The van der Waals surface area contributed by atoms with Crippen LogP contribution in [0.4, 0.5) is 0 Å². The SMILES string of the molecule is Cc1c(/C=N\NC(=O)C(c2ccccc2)c2ccccc2)c2ccccc2n1Cc1ccccc1Cl. The van der Waals surface area contributed by atoms with E-state index in [1.165, 1.54) is 0 Å². The van der Waals surface area contributed by atoms with E-state index in [1.807, 2.05) is 97.1 Å². The lowest BCUT2D eigenvalue weighted by Gasteiger charge is -2.16. The minimum atomic E-state index is -0.452. The zero-order valence-corrected chi connectivity index (χ0v) is 20.7. The van der Waals surface area contributed by atoms with Crippen LogP contribution in [0.2, 0.25) is 5.02 Å². The van der Waals surface area contributed by atoms with Crippen molar-refractivity contribution < 1.29 is 4.79 Å². The summed E-state index contributed by atoms with van der Waals surface area (Å²) in [7, 11) is 0. The van der Waals surface area contributed by atoms with Gasteiger partial charge in [0.15, 0.2) is 0 Å². The van der Waals surface area contributed by atoms with E-state index in [9.17, 15) is 4.79 Å². The number of hydrazone groups is 1. The summed E-state index contributed by atoms with van der Waals surface area (Å²) in [5, 5.41) is 6.21. The second-order valence-corrected chi connectivity index (χ2v) is 9.09. The largest absolute Gasteiger partial charge is 0.340 e. The Balaban J connectivity index is 1.45. The van der Waals surface area contributed by atoms with Gasteiger partial charge >= 0.3 is 0 Å². The average Bonchev–Trinajstić information content (AvgIpc) is 3.17. The fourth-order valence-electron chi connectivity index (χ4n) is 4.63. The van der Waals surface area contributed by atoms with Crippen molar-refractivity contribution in [3.63, 3.8) is 0 Å². The predicted octanol–water partition coefficient (Wildman–Crippen LogP) is 6.93. The first-order chi connectivity index (χ1) is 17.6. The van der Waals surface area contributed by atoms with E-state index < -0.39 is 5.92 Å². The van der Waals surface area contributed by atoms with E-state index in [4.69, 9.17) is 11.6 Å². The first-order valence-corrected chi connectivity index (χ1v) is 12.3. The molecule has 1 aromatic heterocycles. The smallest absolute Gasteiger partial charge is 0.252 e. The summed E-state index contributed by atoms with van der Waals surface area (Å²) in [6, 6.07) is 35.6. The van der Waals surface area contributed by atoms with Crippen LogP contribution < -0.4 is 5.43 Å². The number of fused-ring (bicyclic) bond motifs is 1. The molecule has 0 saturated heterocycles. The van der Waals surface area contributed by atoms with Crippen molar-refractivity contribution in [2.75, 3.05) is 0 Å². The molecule has 178 valence electrons. The number of carbonyl (C=O) groups is 1. The highest BCUT2D eigenvalue weighted by molar-refractivity contribution is 6.31. The monoisotopic (exact) mass is 491 g/mol. The first-order valence-electron chi connectivity index (χ1n) is 11.9. The summed E-state index contributed by atoms with van der Waals surface area (Å²) in [5.74, 6) is -0.631. The highest BCUT2D eigenvalue weighted by Gasteiger charge is 2.22. The third-order valence-electron chi connectivity index (χ3n) is 6.46. The van der Waals surface area contributed by atoms with Crippen molar-refractivity contribution in [2.45, 2.75) is 19.4 Å². The Morgan fingerprint density at radius 2 is 1.44 bits per heavy atom. The normalized spacial score (nSPS) is 11.4. The van der Waals surface area contributed by atoms with E-state index in [2.05, 4.69) is 34.2 Å². The lowest BCUT2D eigenvalue weighted by Crippen LogP contribution is -2.26. The van der Waals surface area contributed by atoms with Gasteiger partial charge in [-0.05, 0) is 35.7 Å². The molecule has 1 heterocycles. The third kappa shape index (κ3) is 4.81. The highest BCUT2D eigenvalue weighted by Crippen LogP contribution is 2.28. The molecular weight excluding hydrogens is 466 g/mol. The van der Waals surface area contributed by atoms with E-state index in [1.54, 1.807) is 6.21 Å². The predicted molar refractivity (Wildman–Crippen MR) is 148 cm³/mol. The number of carbonyl (C=O) groups excluding carboxylic acids is 1. The van der Waals surface area contributed by atoms with Gasteiger partial charge in [0.1, 0.15) is 0 Å². The van der Waals surface area contributed by atoms with Crippen molar-refractivity contribution in [1.29, 1.82) is 0 Å². The van der Waals surface area contributed by atoms with Gasteiger partial charge in [0.05, 0.1) is 12.1 Å². The maximum absolute atomic E-state index is 13.3. The Morgan fingerprint density at radius 1 is 0.861 bits per heavy atom. The number of aromatic nitrogens is 1. The van der Waals surface area contributed by atoms with Crippen molar-refractivity contribution in [1.82, 2.24) is 9.99 Å². The van der Waals surface area contributed by atoms with Gasteiger partial charge in [-0.2, -0.15) is 5.10 Å². The second-order valence-electron chi connectivity index (χ2n) is 8.68. The van der Waals surface area contributed by atoms with Crippen molar-refractivity contribution in [3.8, 4) is 0 Å². The summed E-state index contributed by atoms with van der Waals surface area (Å²) in [5.41, 5.74) is 8.79. The molecule has 36 heavy (non-hydrogen) atoms. The number of benzene rings is 4. The molecule has 4 aromatic carbocycles. The molecule has 5 aromatic rings. The highest BCUT2D eigenvalue weighted by atomic mass is 35.5. The maximum Gasteiger partial charge on any atom is 0.252 e. The molecule has 5 heteroatoms. The molecule has 0 aliphatic carbocycles. The Morgan fingerprint density at radius 3 is 2.11 bits per heavy atom. The molecule has 0 fully saturated rings. The standard InChI is InChI=1S/C31H26ClN3O/c1-22-27(26-17-9-11-19-29(26)35(22)21-25-16-8-10-18-28(25)32)20-33-34-31(36)30(23-12-4-2-5-13-23)24-14-6-3-7-15-24/h2-20,30H,21H2,1H3,(H,34,36)/b33-20-. The maximum atomic E-state index is 13.3. The number of amides is 1. The van der Waals surface area contributed by atoms with Crippen LogP contribution in [0.1, 0.15) is 33.9 Å². The molecule has 0 atom stereocenters. The average molecular weight is 492 g/mol. The molecule has 0 aliphatic heterocycles. The second kappa shape index (κ2) is 10.6. The number of rotatable bonds is 7. The van der Waals surface area contributed by atoms with Crippen LogP contribution in [0.15, 0.2) is 114 Å². The first kappa shape index (κ1) is 23.6. The molecule has 0 spiro atoms. The van der Waals surface area contributed by atoms with Gasteiger partial charge in [-0.15, -0.1) is 0 Å². The van der Waals surface area contributed by atoms with Crippen LogP contribution in [0.3, 0.4) is 0 Å². The van der Waals surface area contributed by atoms with Gasteiger partial charge < -0.3 is 4.57 Å². The minimum absolute atomic E-state index is 0.180. The van der Waals surface area contributed by atoms with E-state index in [-0.39, 0.29) is 5.91 Å². The molecule has 1 amide bonds. The van der Waals surface area contributed by atoms with Crippen LogP contribution in [-0.2, 0) is 11.3 Å². The van der Waals surface area contributed by atoms with Crippen LogP contribution in [0, 0.1) is 6.92 Å². The van der Waals surface area contributed by atoms with Gasteiger partial charge in [-0.3, -0.25) is 4.79 Å². The van der Waals surface area contributed by atoms with E-state index in [0.29, 0.717) is 6.54 Å². The van der Waals surface area contributed by atoms with Gasteiger partial charge in [0.2, 0.25) is 0 Å². The van der Waals surface area contributed by atoms with Gasteiger partial charge in [-0.25, -0.2) is 5.43 Å². The molecule has 0 saturated carbocycles. The Kier molecular flexibility index (Phi) is 6.96. The lowest BCUT2D eigenvalue weighted by molar-refractivity contribution is -0.121. The molecule has 0 radical (unpaired) electrons. The van der Waals surface area contributed by atoms with Crippen LogP contribution in [0.25, 0.3) is 10.9 Å². The summed E-state index contributed by atoms with van der Waals surface area (Å²) in [6.07, 6.45) is 1.74. The number of nitrogens with one attached hydrogen (secondary N) is 1. The number of halogens is 1. The molecule has 1 N–H and O–H groups in total. The lowest BCUT2D eigenvalue weighted by atomic mass is 9.91. The fraction of sp³-hybridized carbons (Fsp3) is 0.0968. The molecule has 0 unspecified atom stereocenters. The number of hydrogen-bond donors (Lipinski definition) is 1. The molecule has 0 aliphatic rings. The molecular formula is C31H26ClN3O. The summed E-state index contributed by atoms with van der Waals surface area (Å²) >= 11 is 6.45. The van der Waals surface area contributed by atoms with Gasteiger partial charge in [-0.1, -0.05) is 109 Å². The van der Waals surface area contributed by atoms with Gasteiger partial charge in [0.25, 0.3) is 5.91 Å². The van der Waals surface area contributed by atoms with Crippen molar-refractivity contribution in [3.05, 3.63) is 142 Å². The zero-order valence-electron chi connectivity index (χ0n) is 19.9. The zero-order chi connectivity index (χ0) is 24.9. The number of hydrogen-bond acceptors (Lipinski definition) is 2. The topological polar surface area (TPSA) is 46.4 Å². The molecule has 0 bridgehead atoms. The summed E-state index contributed by atoms with van der Waals surface area (Å²) in [6.45, 7) is 2.72. The quantitative estimate of drug-likeness (QED) is 0.194. The van der Waals surface area contributed by atoms with E-state index in [0.717, 1.165) is 43.9 Å². The van der Waals surface area contributed by atoms with Gasteiger partial charge in [0, 0.05) is 33.7 Å². The van der Waals surface area contributed by atoms with Crippen LogP contribution in [0.5, 0.6) is 0 Å². The van der Waals surface area contributed by atoms with Crippen LogP contribution >= 0.6 is 11.6 Å². The number of nitrogens with zero attached hydrogens (tertiary/aromatic N) is 2. The Hall–Kier alpha value is -4.15.